The zero-order chi connectivity index (χ0) is 35.5. The van der Waals surface area contributed by atoms with Crippen LogP contribution in [-0.2, 0) is 40.3 Å². The number of pyridine rings is 1. The van der Waals surface area contributed by atoms with Gasteiger partial charge in [-0.3, -0.25) is 19.2 Å². The Bertz CT molecular complexity index is 1790. The Morgan fingerprint density at radius 1 is 0.840 bits per heavy atom. The fourth-order valence-electron chi connectivity index (χ4n) is 6.24. The maximum absolute atomic E-state index is 14.4. The number of nitrogens with zero attached hydrogens (tertiary/aromatic N) is 5. The first kappa shape index (κ1) is 35.8. The number of likely N-dealkylation sites (tertiary alicyclic amines) is 1. The molecule has 4 amide bonds. The number of hydrogen-bond acceptors (Lipinski definition) is 8. The van der Waals surface area contributed by atoms with E-state index >= 15 is 0 Å². The van der Waals surface area contributed by atoms with Crippen LogP contribution < -0.4 is 16.0 Å². The van der Waals surface area contributed by atoms with E-state index in [9.17, 15) is 19.2 Å². The molecule has 2 aromatic carbocycles. The maximum atomic E-state index is 14.4. The molecule has 2 aromatic heterocycles. The summed E-state index contributed by atoms with van der Waals surface area (Å²) in [6.45, 7) is 5.38. The maximum Gasteiger partial charge on any atom is 0.274 e. The summed E-state index contributed by atoms with van der Waals surface area (Å²) in [5.41, 5.74) is 3.79. The van der Waals surface area contributed by atoms with Gasteiger partial charge >= 0.3 is 0 Å². The van der Waals surface area contributed by atoms with E-state index in [1.54, 1.807) is 46.3 Å². The molecular formula is C38H44N8O4. The molecule has 0 saturated carbocycles. The summed E-state index contributed by atoms with van der Waals surface area (Å²) in [5.74, 6) is -0.454. The molecule has 3 heterocycles. The lowest BCUT2D eigenvalue weighted by Crippen LogP contribution is -2.51. The van der Waals surface area contributed by atoms with Crippen molar-refractivity contribution in [3.63, 3.8) is 0 Å². The van der Waals surface area contributed by atoms with Crippen LogP contribution in [-0.4, -0.2) is 75.3 Å². The second-order valence-electron chi connectivity index (χ2n) is 12.7. The van der Waals surface area contributed by atoms with Crippen molar-refractivity contribution < 1.29 is 19.2 Å². The van der Waals surface area contributed by atoms with Gasteiger partial charge in [-0.15, -0.1) is 5.10 Å². The summed E-state index contributed by atoms with van der Waals surface area (Å²) < 4.78 is 0. The van der Waals surface area contributed by atoms with Crippen molar-refractivity contribution in [2.24, 2.45) is 5.41 Å². The number of nitrogens with one attached hydrogen (secondary N) is 3. The van der Waals surface area contributed by atoms with E-state index < -0.39 is 5.41 Å². The second kappa shape index (κ2) is 16.8. The Morgan fingerprint density at radius 3 is 2.28 bits per heavy atom. The van der Waals surface area contributed by atoms with Gasteiger partial charge in [-0.2, -0.15) is 5.10 Å². The zero-order valence-corrected chi connectivity index (χ0v) is 28.8. The third kappa shape index (κ3) is 9.14. The number of benzene rings is 2. The summed E-state index contributed by atoms with van der Waals surface area (Å²) in [4.78, 5) is 61.4. The fourth-order valence-corrected chi connectivity index (χ4v) is 6.24. The molecular weight excluding hydrogens is 632 g/mol. The highest BCUT2D eigenvalue weighted by molar-refractivity contribution is 5.96. The molecule has 12 heteroatoms. The van der Waals surface area contributed by atoms with Crippen molar-refractivity contribution in [2.75, 3.05) is 37.3 Å². The minimum Gasteiger partial charge on any atom is -0.337 e. The van der Waals surface area contributed by atoms with Crippen LogP contribution in [0.25, 0.3) is 0 Å². The van der Waals surface area contributed by atoms with E-state index in [0.29, 0.717) is 44.0 Å². The smallest absolute Gasteiger partial charge is 0.274 e. The molecule has 0 unspecified atom stereocenters. The largest absolute Gasteiger partial charge is 0.337 e. The van der Waals surface area contributed by atoms with Crippen LogP contribution in [0.1, 0.15) is 59.4 Å². The average molecular weight is 677 g/mol. The highest BCUT2D eigenvalue weighted by Gasteiger charge is 2.41. The Labute approximate surface area is 292 Å². The molecule has 5 rings (SSSR count). The summed E-state index contributed by atoms with van der Waals surface area (Å²) in [7, 11) is 1.87. The second-order valence-corrected chi connectivity index (χ2v) is 12.7. The number of anilines is 2. The Hall–Kier alpha value is -5.49. The van der Waals surface area contributed by atoms with Gasteiger partial charge in [-0.25, -0.2) is 4.98 Å². The van der Waals surface area contributed by atoms with Gasteiger partial charge in [-0.05, 0) is 85.0 Å². The Kier molecular flexibility index (Phi) is 12.0. The molecule has 1 aliphatic rings. The van der Waals surface area contributed by atoms with Crippen LogP contribution in [0.3, 0.4) is 0 Å². The van der Waals surface area contributed by atoms with E-state index in [-0.39, 0.29) is 48.8 Å². The fraction of sp³-hybridized carbons (Fsp3) is 0.342. The van der Waals surface area contributed by atoms with Crippen molar-refractivity contribution in [2.45, 2.75) is 52.6 Å². The molecule has 4 aromatic rings. The van der Waals surface area contributed by atoms with Crippen molar-refractivity contribution >= 4 is 35.1 Å². The number of carbonyl (C=O) groups is 4. The highest BCUT2D eigenvalue weighted by Crippen LogP contribution is 2.34. The molecule has 3 N–H and O–H groups in total. The first-order valence-corrected chi connectivity index (χ1v) is 16.9. The van der Waals surface area contributed by atoms with E-state index in [1.165, 1.54) is 6.20 Å². The number of piperidine rings is 1. The van der Waals surface area contributed by atoms with Gasteiger partial charge < -0.3 is 25.8 Å². The van der Waals surface area contributed by atoms with Crippen molar-refractivity contribution in [3.05, 3.63) is 113 Å². The average Bonchev–Trinajstić information content (AvgIpc) is 3.13. The topological polar surface area (TPSA) is 150 Å². The molecule has 0 aliphatic carbocycles. The van der Waals surface area contributed by atoms with Gasteiger partial charge in [0.15, 0.2) is 5.69 Å². The molecule has 12 nitrogen and oxygen atoms in total. The minimum atomic E-state index is -0.783. The lowest BCUT2D eigenvalue weighted by Gasteiger charge is -2.41. The van der Waals surface area contributed by atoms with E-state index in [1.807, 2.05) is 63.4 Å². The Morgan fingerprint density at radius 2 is 1.60 bits per heavy atom. The van der Waals surface area contributed by atoms with Gasteiger partial charge in [0.2, 0.25) is 17.7 Å². The lowest BCUT2D eigenvalue weighted by atomic mass is 9.78. The zero-order valence-electron chi connectivity index (χ0n) is 28.8. The number of amides is 4. The molecule has 0 atom stereocenters. The molecule has 0 spiro atoms. The number of rotatable bonds is 13. The van der Waals surface area contributed by atoms with Crippen molar-refractivity contribution in [1.82, 2.24) is 30.3 Å². The first-order valence-electron chi connectivity index (χ1n) is 16.9. The Balaban J connectivity index is 1.31. The first-order chi connectivity index (χ1) is 24.2. The van der Waals surface area contributed by atoms with Crippen LogP contribution in [0.4, 0.5) is 11.5 Å². The summed E-state index contributed by atoms with van der Waals surface area (Å²) in [6, 6.07) is 22.0. The molecule has 1 aliphatic heterocycles. The van der Waals surface area contributed by atoms with Gasteiger partial charge in [-0.1, -0.05) is 50.2 Å². The summed E-state index contributed by atoms with van der Waals surface area (Å²) in [5, 5.41) is 16.7. The van der Waals surface area contributed by atoms with Gasteiger partial charge in [0.1, 0.15) is 12.4 Å². The summed E-state index contributed by atoms with van der Waals surface area (Å²) >= 11 is 0. The van der Waals surface area contributed by atoms with Gasteiger partial charge in [0, 0.05) is 49.7 Å². The predicted molar refractivity (Wildman–Crippen MR) is 191 cm³/mol. The summed E-state index contributed by atoms with van der Waals surface area (Å²) in [6.07, 6.45) is 4.85. The molecule has 1 saturated heterocycles. The lowest BCUT2D eigenvalue weighted by molar-refractivity contribution is -0.146. The van der Waals surface area contributed by atoms with Crippen LogP contribution in [0.15, 0.2) is 85.2 Å². The number of carbonyl (C=O) groups excluding carboxylic acids is 4. The number of aromatic nitrogens is 3. The third-order valence-corrected chi connectivity index (χ3v) is 9.08. The van der Waals surface area contributed by atoms with Crippen molar-refractivity contribution in [3.8, 4) is 0 Å². The van der Waals surface area contributed by atoms with E-state index in [4.69, 9.17) is 0 Å². The van der Waals surface area contributed by atoms with Crippen LogP contribution >= 0.6 is 0 Å². The van der Waals surface area contributed by atoms with Crippen LogP contribution in [0.2, 0.25) is 0 Å². The third-order valence-electron chi connectivity index (χ3n) is 9.08. The predicted octanol–water partition coefficient (Wildman–Crippen LogP) is 4.24. The quantitative estimate of drug-likeness (QED) is 0.190. The molecule has 0 bridgehead atoms. The SMILES string of the molecule is CCc1ccc(NC(=O)CN(Cc2ccccc2CNC)C(=O)C2(C)CCN(C(=O)c3cccnn3)CC2)cc1CC(=O)Nc1ccccn1. The molecule has 0 radical (unpaired) electrons. The minimum absolute atomic E-state index is 0.116. The van der Waals surface area contributed by atoms with Crippen molar-refractivity contribution in [1.29, 1.82) is 0 Å². The van der Waals surface area contributed by atoms with Gasteiger partial charge in [0.05, 0.1) is 6.42 Å². The number of aryl methyl sites for hydroxylation is 1. The van der Waals surface area contributed by atoms with E-state index in [0.717, 1.165) is 28.7 Å². The molecule has 1 fully saturated rings. The van der Waals surface area contributed by atoms with E-state index in [2.05, 4.69) is 31.1 Å². The monoisotopic (exact) mass is 676 g/mol. The van der Waals surface area contributed by atoms with Crippen LogP contribution in [0, 0.1) is 5.41 Å². The molecule has 50 heavy (non-hydrogen) atoms. The van der Waals surface area contributed by atoms with Gasteiger partial charge in [0.25, 0.3) is 5.91 Å². The highest BCUT2D eigenvalue weighted by atomic mass is 16.2. The number of hydrogen-bond donors (Lipinski definition) is 3. The molecule has 260 valence electrons. The normalized spacial score (nSPS) is 13.7. The van der Waals surface area contributed by atoms with Crippen LogP contribution in [0.5, 0.6) is 0 Å². The standard InChI is InChI=1S/C38H44N8O4/c1-4-27-14-15-31(22-30(27)23-34(47)43-33-13-7-8-18-40-33)42-35(48)26-46(25-29-11-6-5-10-28(29)24-39-3)37(50)38(2)16-20-45(21-17-38)36(49)32-12-9-19-41-44-32/h5-15,18-19,22,39H,4,16-17,20-21,23-26H2,1-3H3,(H,42,48)(H,40,43,47).